The predicted molar refractivity (Wildman–Crippen MR) is 39.6 cm³/mol. The van der Waals surface area contributed by atoms with E-state index in [0.29, 0.717) is 6.42 Å². The Morgan fingerprint density at radius 2 is 2.30 bits per heavy atom. The van der Waals surface area contributed by atoms with Crippen molar-refractivity contribution in [2.24, 2.45) is 0 Å². The van der Waals surface area contributed by atoms with Gasteiger partial charge in [0.25, 0.3) is 0 Å². The molecule has 0 radical (unpaired) electrons. The van der Waals surface area contributed by atoms with Gasteiger partial charge in [0.15, 0.2) is 0 Å². The smallest absolute Gasteiger partial charge is 0.124 e. The van der Waals surface area contributed by atoms with Crippen LogP contribution in [0.3, 0.4) is 0 Å². The fourth-order valence-corrected chi connectivity index (χ4v) is 0.483. The first-order valence-corrected chi connectivity index (χ1v) is 3.13. The van der Waals surface area contributed by atoms with Gasteiger partial charge in [-0.05, 0) is 6.92 Å². The zero-order chi connectivity index (χ0) is 7.82. The number of rotatable bonds is 4. The molecule has 0 aliphatic heterocycles. The number of hydrogen-bond acceptors (Lipinski definition) is 1. The lowest BCUT2D eigenvalue weighted by Crippen LogP contribution is -1.75. The molecular formula is C8H11FO. The van der Waals surface area contributed by atoms with E-state index in [1.54, 1.807) is 12.2 Å². The number of alkyl halides is 1. The molecule has 0 aromatic rings. The van der Waals surface area contributed by atoms with Crippen molar-refractivity contribution in [3.05, 3.63) is 23.8 Å². The van der Waals surface area contributed by atoms with Crippen LogP contribution in [0, 0.1) is 0 Å². The van der Waals surface area contributed by atoms with E-state index in [1.165, 1.54) is 6.08 Å². The zero-order valence-corrected chi connectivity index (χ0v) is 6.01. The van der Waals surface area contributed by atoms with Gasteiger partial charge in [0, 0.05) is 6.42 Å². The first-order valence-electron chi connectivity index (χ1n) is 3.13. The molecular weight excluding hydrogens is 131 g/mol. The summed E-state index contributed by atoms with van der Waals surface area (Å²) in [5.41, 5.74) is 0.944. The minimum Gasteiger partial charge on any atom is -0.303 e. The van der Waals surface area contributed by atoms with Crippen LogP contribution in [0.2, 0.25) is 0 Å². The van der Waals surface area contributed by atoms with E-state index in [0.717, 1.165) is 11.9 Å². The maximum Gasteiger partial charge on any atom is 0.124 e. The Bertz CT molecular complexity index is 147. The normalized spacial score (nSPS) is 12.4. The van der Waals surface area contributed by atoms with Crippen LogP contribution >= 0.6 is 0 Å². The molecule has 0 aromatic carbocycles. The number of halogens is 1. The van der Waals surface area contributed by atoms with E-state index in [1.807, 2.05) is 6.92 Å². The van der Waals surface area contributed by atoms with Crippen molar-refractivity contribution < 1.29 is 9.18 Å². The minimum atomic E-state index is -0.454. The van der Waals surface area contributed by atoms with Crippen LogP contribution in [0.4, 0.5) is 4.39 Å². The number of allylic oxidation sites excluding steroid dienone is 4. The topological polar surface area (TPSA) is 17.1 Å². The average molecular weight is 142 g/mol. The van der Waals surface area contributed by atoms with Crippen LogP contribution in [-0.2, 0) is 4.79 Å². The van der Waals surface area contributed by atoms with Gasteiger partial charge < -0.3 is 4.79 Å². The van der Waals surface area contributed by atoms with Crippen molar-refractivity contribution in [3.8, 4) is 0 Å². The van der Waals surface area contributed by atoms with Crippen molar-refractivity contribution in [1.29, 1.82) is 0 Å². The van der Waals surface area contributed by atoms with Crippen LogP contribution in [0.25, 0.3) is 0 Å². The second-order valence-corrected chi connectivity index (χ2v) is 1.97. The lowest BCUT2D eigenvalue weighted by molar-refractivity contribution is -0.107. The molecule has 0 saturated heterocycles. The number of aldehydes is 1. The van der Waals surface area contributed by atoms with E-state index >= 15 is 0 Å². The molecule has 0 fully saturated rings. The average Bonchev–Trinajstić information content (AvgIpc) is 1.89. The Morgan fingerprint density at radius 1 is 1.60 bits per heavy atom. The summed E-state index contributed by atoms with van der Waals surface area (Å²) < 4.78 is 11.4. The summed E-state index contributed by atoms with van der Waals surface area (Å²) in [5.74, 6) is 0. The highest BCUT2D eigenvalue weighted by Gasteiger charge is 1.82. The van der Waals surface area contributed by atoms with Gasteiger partial charge in [0.05, 0.1) is 0 Å². The van der Waals surface area contributed by atoms with Gasteiger partial charge in [-0.25, -0.2) is 4.39 Å². The summed E-state index contributed by atoms with van der Waals surface area (Å²) in [7, 11) is 0. The third-order valence-electron chi connectivity index (χ3n) is 1.01. The Labute approximate surface area is 60.2 Å². The largest absolute Gasteiger partial charge is 0.303 e. The summed E-state index contributed by atoms with van der Waals surface area (Å²) in [6, 6.07) is 0. The third-order valence-corrected chi connectivity index (χ3v) is 1.01. The first-order chi connectivity index (χ1) is 4.81. The van der Waals surface area contributed by atoms with Gasteiger partial charge in [0.1, 0.15) is 13.0 Å². The Balaban J connectivity index is 3.67. The van der Waals surface area contributed by atoms with Crippen molar-refractivity contribution in [3.63, 3.8) is 0 Å². The van der Waals surface area contributed by atoms with Crippen LogP contribution in [-0.4, -0.2) is 13.0 Å². The molecule has 0 bridgehead atoms. The fourth-order valence-electron chi connectivity index (χ4n) is 0.483. The van der Waals surface area contributed by atoms with E-state index in [4.69, 9.17) is 0 Å². The molecule has 1 nitrogen and oxygen atoms in total. The standard InChI is InChI=1S/C8H11FO/c1-8(5-7-10)4-2-3-6-9/h2-4,7H,5-6H2,1H3/b3-2-,8-4-. The highest BCUT2D eigenvalue weighted by atomic mass is 19.1. The number of carbonyl (C=O) groups excluding carboxylic acids is 1. The number of hydrogen-bond donors (Lipinski definition) is 0. The first kappa shape index (κ1) is 9.08. The lowest BCUT2D eigenvalue weighted by atomic mass is 10.2. The summed E-state index contributed by atoms with van der Waals surface area (Å²) in [4.78, 5) is 9.91. The number of carbonyl (C=O) groups is 1. The lowest BCUT2D eigenvalue weighted by Gasteiger charge is -1.86. The molecule has 0 aliphatic rings. The summed E-state index contributed by atoms with van der Waals surface area (Å²) in [6.07, 6.45) is 5.99. The second kappa shape index (κ2) is 6.20. The molecule has 0 N–H and O–H groups in total. The Kier molecular flexibility index (Phi) is 5.63. The summed E-state index contributed by atoms with van der Waals surface area (Å²) >= 11 is 0. The van der Waals surface area contributed by atoms with Crippen LogP contribution in [0.15, 0.2) is 23.8 Å². The molecule has 0 atom stereocenters. The van der Waals surface area contributed by atoms with E-state index in [2.05, 4.69) is 0 Å². The minimum absolute atomic E-state index is 0.427. The predicted octanol–water partition coefficient (Wildman–Crippen LogP) is 2.05. The summed E-state index contributed by atoms with van der Waals surface area (Å²) in [5, 5.41) is 0. The van der Waals surface area contributed by atoms with Crippen molar-refractivity contribution in [2.75, 3.05) is 6.67 Å². The van der Waals surface area contributed by atoms with Gasteiger partial charge in [-0.2, -0.15) is 0 Å². The molecule has 10 heavy (non-hydrogen) atoms. The Morgan fingerprint density at radius 3 is 2.80 bits per heavy atom. The molecule has 0 heterocycles. The molecule has 0 saturated carbocycles. The quantitative estimate of drug-likeness (QED) is 0.433. The molecule has 0 unspecified atom stereocenters. The van der Waals surface area contributed by atoms with E-state index in [-0.39, 0.29) is 0 Å². The molecule has 56 valence electrons. The molecule has 0 aliphatic carbocycles. The third kappa shape index (κ3) is 5.22. The van der Waals surface area contributed by atoms with Crippen LogP contribution in [0.1, 0.15) is 13.3 Å². The van der Waals surface area contributed by atoms with Crippen molar-refractivity contribution in [1.82, 2.24) is 0 Å². The van der Waals surface area contributed by atoms with Crippen LogP contribution < -0.4 is 0 Å². The highest BCUT2D eigenvalue weighted by molar-refractivity contribution is 5.54. The maximum absolute atomic E-state index is 11.4. The maximum atomic E-state index is 11.4. The van der Waals surface area contributed by atoms with Gasteiger partial charge in [-0.15, -0.1) is 0 Å². The molecule has 0 aromatic heterocycles. The molecule has 0 amide bonds. The fraction of sp³-hybridized carbons (Fsp3) is 0.375. The Hall–Kier alpha value is -0.920. The monoisotopic (exact) mass is 142 g/mol. The second-order valence-electron chi connectivity index (χ2n) is 1.97. The van der Waals surface area contributed by atoms with Crippen LogP contribution in [0.5, 0.6) is 0 Å². The van der Waals surface area contributed by atoms with E-state index < -0.39 is 6.67 Å². The SMILES string of the molecule is C/C(=C/C=C\CF)CC=O. The van der Waals surface area contributed by atoms with Gasteiger partial charge >= 0.3 is 0 Å². The molecule has 0 spiro atoms. The summed E-state index contributed by atoms with van der Waals surface area (Å²) in [6.45, 7) is 1.38. The molecule has 0 rings (SSSR count). The van der Waals surface area contributed by atoms with E-state index in [9.17, 15) is 9.18 Å². The van der Waals surface area contributed by atoms with Gasteiger partial charge in [-0.3, -0.25) is 0 Å². The van der Waals surface area contributed by atoms with Gasteiger partial charge in [0.2, 0.25) is 0 Å². The zero-order valence-electron chi connectivity index (χ0n) is 6.01. The van der Waals surface area contributed by atoms with Crippen molar-refractivity contribution in [2.45, 2.75) is 13.3 Å². The highest BCUT2D eigenvalue weighted by Crippen LogP contribution is 1.95. The molecule has 2 heteroatoms. The van der Waals surface area contributed by atoms with Gasteiger partial charge in [-0.1, -0.05) is 23.8 Å². The van der Waals surface area contributed by atoms with Crippen molar-refractivity contribution >= 4 is 6.29 Å².